The number of hydrogen-bond acceptors (Lipinski definition) is 5. The number of ether oxygens (including phenoxy) is 1. The van der Waals surface area contributed by atoms with Crippen molar-refractivity contribution in [3.8, 4) is 5.75 Å². The van der Waals surface area contributed by atoms with Gasteiger partial charge in [-0.2, -0.15) is 0 Å². The van der Waals surface area contributed by atoms with Crippen molar-refractivity contribution in [1.82, 2.24) is 15.1 Å². The number of imide groups is 1. The summed E-state index contributed by atoms with van der Waals surface area (Å²) in [6, 6.07) is 15.3. The predicted molar refractivity (Wildman–Crippen MR) is 122 cm³/mol. The fourth-order valence-corrected chi connectivity index (χ4v) is 4.10. The molecule has 31 heavy (non-hydrogen) atoms. The number of hydrogen-bond donors (Lipinski definition) is 1. The molecule has 2 aromatic carbocycles. The number of likely N-dealkylation sites (N-methyl/N-ethyl adjacent to an activating group) is 2. The Morgan fingerprint density at radius 1 is 1.13 bits per heavy atom. The average Bonchev–Trinajstić information content (AvgIpc) is 2.78. The SMILES string of the molecule is CCN(CC)C(C)C(=O)NC(=O)C1=C(c2ccccc2)c2cc(OC)ccc2CN1C. The first-order valence-corrected chi connectivity index (χ1v) is 10.7. The van der Waals surface area contributed by atoms with Gasteiger partial charge in [0, 0.05) is 19.2 Å². The van der Waals surface area contributed by atoms with E-state index in [0.29, 0.717) is 12.2 Å². The van der Waals surface area contributed by atoms with Crippen LogP contribution in [0.4, 0.5) is 0 Å². The number of amides is 2. The second-order valence-corrected chi connectivity index (χ2v) is 7.68. The van der Waals surface area contributed by atoms with E-state index in [1.165, 1.54) is 0 Å². The first-order chi connectivity index (χ1) is 14.9. The highest BCUT2D eigenvalue weighted by molar-refractivity contribution is 6.11. The maximum atomic E-state index is 13.4. The first kappa shape index (κ1) is 22.6. The molecule has 1 N–H and O–H groups in total. The molecule has 1 unspecified atom stereocenters. The maximum Gasteiger partial charge on any atom is 0.274 e. The summed E-state index contributed by atoms with van der Waals surface area (Å²) in [6.07, 6.45) is 0. The Morgan fingerprint density at radius 2 is 1.81 bits per heavy atom. The largest absolute Gasteiger partial charge is 0.497 e. The van der Waals surface area contributed by atoms with E-state index in [0.717, 1.165) is 41.1 Å². The Bertz CT molecular complexity index is 981. The monoisotopic (exact) mass is 421 g/mol. The van der Waals surface area contributed by atoms with Gasteiger partial charge in [0.15, 0.2) is 0 Å². The highest BCUT2D eigenvalue weighted by atomic mass is 16.5. The van der Waals surface area contributed by atoms with Gasteiger partial charge in [-0.25, -0.2) is 0 Å². The molecule has 3 rings (SSSR count). The van der Waals surface area contributed by atoms with E-state index in [2.05, 4.69) is 5.32 Å². The molecular weight excluding hydrogens is 390 g/mol. The summed E-state index contributed by atoms with van der Waals surface area (Å²) in [7, 11) is 3.51. The van der Waals surface area contributed by atoms with Crippen LogP contribution in [0.3, 0.4) is 0 Å². The molecule has 0 saturated carbocycles. The van der Waals surface area contributed by atoms with Crippen LogP contribution in [0.25, 0.3) is 5.57 Å². The number of nitrogens with zero attached hydrogens (tertiary/aromatic N) is 2. The van der Waals surface area contributed by atoms with Crippen LogP contribution >= 0.6 is 0 Å². The van der Waals surface area contributed by atoms with E-state index in [-0.39, 0.29) is 17.9 Å². The molecule has 0 bridgehead atoms. The normalized spacial score (nSPS) is 14.3. The minimum Gasteiger partial charge on any atom is -0.497 e. The van der Waals surface area contributed by atoms with E-state index in [1.807, 2.05) is 86.1 Å². The molecule has 1 heterocycles. The summed E-state index contributed by atoms with van der Waals surface area (Å²) in [6.45, 7) is 7.88. The molecule has 1 aliphatic heterocycles. The van der Waals surface area contributed by atoms with Gasteiger partial charge >= 0.3 is 0 Å². The Hall–Kier alpha value is -3.12. The lowest BCUT2D eigenvalue weighted by Crippen LogP contribution is -2.48. The van der Waals surface area contributed by atoms with Gasteiger partial charge in [-0.05, 0) is 48.8 Å². The molecule has 1 atom stereocenters. The van der Waals surface area contributed by atoms with Gasteiger partial charge in [-0.3, -0.25) is 19.8 Å². The van der Waals surface area contributed by atoms with E-state index in [4.69, 9.17) is 4.74 Å². The van der Waals surface area contributed by atoms with E-state index in [9.17, 15) is 9.59 Å². The van der Waals surface area contributed by atoms with Crippen molar-refractivity contribution >= 4 is 17.4 Å². The second kappa shape index (κ2) is 9.79. The van der Waals surface area contributed by atoms with Crippen LogP contribution in [0.2, 0.25) is 0 Å². The predicted octanol–water partition coefficient (Wildman–Crippen LogP) is 3.27. The Kier molecular flexibility index (Phi) is 7.13. The fourth-order valence-electron chi connectivity index (χ4n) is 4.10. The standard InChI is InChI=1S/C25H31N3O3/c1-6-28(7-2)17(3)24(29)26-25(30)23-22(18-11-9-8-10-12-18)21-15-20(31-5)14-13-19(21)16-27(23)4/h8-15,17H,6-7,16H2,1-5H3,(H,26,29,30). The van der Waals surface area contributed by atoms with Crippen molar-refractivity contribution in [3.63, 3.8) is 0 Å². The number of carbonyl (C=O) groups excluding carboxylic acids is 2. The zero-order valence-corrected chi connectivity index (χ0v) is 18.9. The highest BCUT2D eigenvalue weighted by Crippen LogP contribution is 2.37. The molecular formula is C25H31N3O3. The third-order valence-corrected chi connectivity index (χ3v) is 5.87. The van der Waals surface area contributed by atoms with Crippen molar-refractivity contribution in [3.05, 3.63) is 70.9 Å². The highest BCUT2D eigenvalue weighted by Gasteiger charge is 2.31. The maximum absolute atomic E-state index is 13.4. The second-order valence-electron chi connectivity index (χ2n) is 7.68. The van der Waals surface area contributed by atoms with Gasteiger partial charge in [0.1, 0.15) is 11.4 Å². The molecule has 1 aliphatic rings. The van der Waals surface area contributed by atoms with Gasteiger partial charge in [-0.15, -0.1) is 0 Å². The van der Waals surface area contributed by atoms with Crippen LogP contribution in [0.15, 0.2) is 54.2 Å². The van der Waals surface area contributed by atoms with Gasteiger partial charge < -0.3 is 9.64 Å². The van der Waals surface area contributed by atoms with E-state index in [1.54, 1.807) is 7.11 Å². The zero-order valence-electron chi connectivity index (χ0n) is 18.9. The Morgan fingerprint density at radius 3 is 2.42 bits per heavy atom. The molecule has 0 fully saturated rings. The summed E-state index contributed by atoms with van der Waals surface area (Å²) in [4.78, 5) is 30.1. The average molecular weight is 422 g/mol. The van der Waals surface area contributed by atoms with Crippen molar-refractivity contribution in [2.45, 2.75) is 33.4 Å². The third kappa shape index (κ3) is 4.64. The van der Waals surface area contributed by atoms with Crippen LogP contribution in [0, 0.1) is 0 Å². The minimum absolute atomic E-state index is 0.293. The molecule has 6 nitrogen and oxygen atoms in total. The summed E-state index contributed by atoms with van der Waals surface area (Å²) in [5, 5.41) is 2.64. The number of benzene rings is 2. The van der Waals surface area contributed by atoms with Crippen LogP contribution in [-0.2, 0) is 16.1 Å². The van der Waals surface area contributed by atoms with Crippen molar-refractivity contribution in [1.29, 1.82) is 0 Å². The van der Waals surface area contributed by atoms with Crippen molar-refractivity contribution in [2.75, 3.05) is 27.2 Å². The number of carbonyl (C=O) groups is 2. The van der Waals surface area contributed by atoms with E-state index >= 15 is 0 Å². The smallest absolute Gasteiger partial charge is 0.274 e. The zero-order chi connectivity index (χ0) is 22.5. The lowest BCUT2D eigenvalue weighted by molar-refractivity contribution is -0.132. The lowest BCUT2D eigenvalue weighted by atomic mass is 9.88. The first-order valence-electron chi connectivity index (χ1n) is 10.7. The van der Waals surface area contributed by atoms with Crippen molar-refractivity contribution in [2.24, 2.45) is 0 Å². The van der Waals surface area contributed by atoms with Crippen LogP contribution < -0.4 is 10.1 Å². The number of nitrogens with one attached hydrogen (secondary N) is 1. The molecule has 0 spiro atoms. The summed E-state index contributed by atoms with van der Waals surface area (Å²) < 4.78 is 5.44. The summed E-state index contributed by atoms with van der Waals surface area (Å²) in [5.41, 5.74) is 4.23. The number of fused-ring (bicyclic) bond motifs is 1. The molecule has 2 amide bonds. The quantitative estimate of drug-likeness (QED) is 0.744. The molecule has 6 heteroatoms. The van der Waals surface area contributed by atoms with Gasteiger partial charge in [-0.1, -0.05) is 50.2 Å². The third-order valence-electron chi connectivity index (χ3n) is 5.87. The van der Waals surface area contributed by atoms with Gasteiger partial charge in [0.25, 0.3) is 5.91 Å². The van der Waals surface area contributed by atoms with Crippen LogP contribution in [-0.4, -0.2) is 54.9 Å². The molecule has 0 radical (unpaired) electrons. The number of methoxy groups -OCH3 is 1. The van der Waals surface area contributed by atoms with E-state index < -0.39 is 0 Å². The molecule has 0 aromatic heterocycles. The van der Waals surface area contributed by atoms with Gasteiger partial charge in [0.05, 0.1) is 13.2 Å². The van der Waals surface area contributed by atoms with Crippen LogP contribution in [0.1, 0.15) is 37.5 Å². The molecule has 0 saturated heterocycles. The lowest BCUT2D eigenvalue weighted by Gasteiger charge is -2.32. The number of rotatable bonds is 7. The topological polar surface area (TPSA) is 61.9 Å². The Labute approximate surface area is 184 Å². The van der Waals surface area contributed by atoms with Gasteiger partial charge in [0.2, 0.25) is 5.91 Å². The molecule has 164 valence electrons. The Balaban J connectivity index is 2.07. The van der Waals surface area contributed by atoms with Crippen molar-refractivity contribution < 1.29 is 14.3 Å². The molecule has 0 aliphatic carbocycles. The summed E-state index contributed by atoms with van der Waals surface area (Å²) >= 11 is 0. The fraction of sp³-hybridized carbons (Fsp3) is 0.360. The van der Waals surface area contributed by atoms with Crippen LogP contribution in [0.5, 0.6) is 5.75 Å². The molecule has 2 aromatic rings. The summed E-state index contributed by atoms with van der Waals surface area (Å²) in [5.74, 6) is 0.0417. The minimum atomic E-state index is -0.390.